The Morgan fingerprint density at radius 1 is 1.39 bits per heavy atom. The van der Waals surface area contributed by atoms with Crippen molar-refractivity contribution >= 4 is 11.9 Å². The number of benzene rings is 1. The van der Waals surface area contributed by atoms with Crippen molar-refractivity contribution in [2.45, 2.75) is 39.3 Å². The number of hydrogen-bond acceptors (Lipinski definition) is 4. The van der Waals surface area contributed by atoms with Gasteiger partial charge in [-0.1, -0.05) is 26.0 Å². The molecule has 0 bridgehead atoms. The highest BCUT2D eigenvalue weighted by atomic mass is 16.5. The predicted octanol–water partition coefficient (Wildman–Crippen LogP) is 2.21. The van der Waals surface area contributed by atoms with Crippen molar-refractivity contribution < 1.29 is 14.3 Å². The summed E-state index contributed by atoms with van der Waals surface area (Å²) >= 11 is 0. The zero-order chi connectivity index (χ0) is 16.8. The van der Waals surface area contributed by atoms with Crippen LogP contribution >= 0.6 is 0 Å². The second-order valence-electron chi connectivity index (χ2n) is 6.46. The van der Waals surface area contributed by atoms with Crippen molar-refractivity contribution in [3.05, 3.63) is 35.4 Å². The molecular weight excluding hydrogens is 292 g/mol. The molecule has 1 aromatic rings. The highest BCUT2D eigenvalue weighted by Gasteiger charge is 2.31. The van der Waals surface area contributed by atoms with Crippen molar-refractivity contribution in [3.63, 3.8) is 0 Å². The summed E-state index contributed by atoms with van der Waals surface area (Å²) in [5.41, 5.74) is 1.70. The van der Waals surface area contributed by atoms with E-state index < -0.39 is 0 Å². The number of nitrogens with one attached hydrogen (secondary N) is 1. The Balaban J connectivity index is 2.02. The van der Waals surface area contributed by atoms with E-state index in [1.807, 2.05) is 24.3 Å². The summed E-state index contributed by atoms with van der Waals surface area (Å²) in [5, 5.41) is 2.93. The normalized spacial score (nSPS) is 18.2. The first kappa shape index (κ1) is 17.5. The van der Waals surface area contributed by atoms with Crippen molar-refractivity contribution in [3.8, 4) is 0 Å². The Hall–Kier alpha value is -1.88. The van der Waals surface area contributed by atoms with Gasteiger partial charge in [-0.2, -0.15) is 0 Å². The Bertz CT molecular complexity index is 557. The molecule has 1 aliphatic heterocycles. The summed E-state index contributed by atoms with van der Waals surface area (Å²) in [5.74, 6) is 0.201. The van der Waals surface area contributed by atoms with Gasteiger partial charge in [-0.05, 0) is 43.0 Å². The smallest absolute Gasteiger partial charge is 0.323 e. The van der Waals surface area contributed by atoms with E-state index in [2.05, 4.69) is 24.1 Å². The largest absolute Gasteiger partial charge is 0.468 e. The first-order chi connectivity index (χ1) is 11.0. The SMILES string of the molecule is COC(=O)[C@H]1CCCN1Cc1cccc(C(=O)NCC(C)C)c1. The van der Waals surface area contributed by atoms with Gasteiger partial charge < -0.3 is 10.1 Å². The maximum Gasteiger partial charge on any atom is 0.323 e. The van der Waals surface area contributed by atoms with Gasteiger partial charge in [0.05, 0.1) is 7.11 Å². The van der Waals surface area contributed by atoms with E-state index in [9.17, 15) is 9.59 Å². The second kappa shape index (κ2) is 8.11. The Labute approximate surface area is 138 Å². The lowest BCUT2D eigenvalue weighted by atomic mass is 10.1. The van der Waals surface area contributed by atoms with Gasteiger partial charge in [0.1, 0.15) is 6.04 Å². The van der Waals surface area contributed by atoms with Gasteiger partial charge in [0, 0.05) is 18.7 Å². The van der Waals surface area contributed by atoms with Crippen molar-refractivity contribution in [1.82, 2.24) is 10.2 Å². The van der Waals surface area contributed by atoms with Crippen LogP contribution in [0.3, 0.4) is 0 Å². The fraction of sp³-hybridized carbons (Fsp3) is 0.556. The molecule has 5 nitrogen and oxygen atoms in total. The Morgan fingerprint density at radius 3 is 2.87 bits per heavy atom. The molecular formula is C18H26N2O3. The number of carbonyl (C=O) groups is 2. The fourth-order valence-corrected chi connectivity index (χ4v) is 2.86. The molecule has 0 unspecified atom stereocenters. The molecule has 1 saturated heterocycles. The van der Waals surface area contributed by atoms with Gasteiger partial charge in [-0.25, -0.2) is 0 Å². The third kappa shape index (κ3) is 4.79. The van der Waals surface area contributed by atoms with Gasteiger partial charge in [0.2, 0.25) is 0 Å². The van der Waals surface area contributed by atoms with E-state index in [4.69, 9.17) is 4.74 Å². The summed E-state index contributed by atoms with van der Waals surface area (Å²) in [7, 11) is 1.43. The molecule has 0 spiro atoms. The lowest BCUT2D eigenvalue weighted by Gasteiger charge is -2.22. The molecule has 23 heavy (non-hydrogen) atoms. The average Bonchev–Trinajstić information content (AvgIpc) is 3.00. The zero-order valence-corrected chi connectivity index (χ0v) is 14.2. The summed E-state index contributed by atoms with van der Waals surface area (Å²) in [6.07, 6.45) is 1.83. The number of amides is 1. The van der Waals surface area contributed by atoms with Crippen LogP contribution in [-0.2, 0) is 16.1 Å². The van der Waals surface area contributed by atoms with Gasteiger partial charge in [-0.3, -0.25) is 14.5 Å². The number of carbonyl (C=O) groups excluding carboxylic acids is 2. The lowest BCUT2D eigenvalue weighted by molar-refractivity contribution is -0.146. The van der Waals surface area contributed by atoms with Crippen LogP contribution in [0.5, 0.6) is 0 Å². The second-order valence-corrected chi connectivity index (χ2v) is 6.46. The zero-order valence-electron chi connectivity index (χ0n) is 14.2. The van der Waals surface area contributed by atoms with E-state index in [1.165, 1.54) is 7.11 Å². The highest BCUT2D eigenvalue weighted by molar-refractivity contribution is 5.94. The van der Waals surface area contributed by atoms with Gasteiger partial charge >= 0.3 is 5.97 Å². The number of methoxy groups -OCH3 is 1. The summed E-state index contributed by atoms with van der Waals surface area (Å²) < 4.78 is 4.87. The van der Waals surface area contributed by atoms with E-state index in [1.54, 1.807) is 0 Å². The number of rotatable bonds is 6. The summed E-state index contributed by atoms with van der Waals surface area (Å²) in [6.45, 7) is 6.34. The minimum absolute atomic E-state index is 0.0495. The lowest BCUT2D eigenvalue weighted by Crippen LogP contribution is -2.36. The van der Waals surface area contributed by atoms with Crippen molar-refractivity contribution in [2.75, 3.05) is 20.2 Å². The first-order valence-electron chi connectivity index (χ1n) is 8.20. The van der Waals surface area contributed by atoms with E-state index in [-0.39, 0.29) is 17.9 Å². The molecule has 0 aromatic heterocycles. The van der Waals surface area contributed by atoms with Crippen molar-refractivity contribution in [1.29, 1.82) is 0 Å². The van der Waals surface area contributed by atoms with Crippen LogP contribution in [0, 0.1) is 5.92 Å². The molecule has 1 fully saturated rings. The van der Waals surface area contributed by atoms with Crippen molar-refractivity contribution in [2.24, 2.45) is 5.92 Å². The molecule has 126 valence electrons. The molecule has 0 aliphatic carbocycles. The number of hydrogen-bond donors (Lipinski definition) is 1. The minimum Gasteiger partial charge on any atom is -0.468 e. The molecule has 1 aliphatic rings. The summed E-state index contributed by atoms with van der Waals surface area (Å²) in [4.78, 5) is 26.1. The fourth-order valence-electron chi connectivity index (χ4n) is 2.86. The Kier molecular flexibility index (Phi) is 6.16. The number of likely N-dealkylation sites (tertiary alicyclic amines) is 1. The molecule has 1 N–H and O–H groups in total. The maximum absolute atomic E-state index is 12.2. The highest BCUT2D eigenvalue weighted by Crippen LogP contribution is 2.21. The quantitative estimate of drug-likeness (QED) is 0.817. The van der Waals surface area contributed by atoms with Crippen LogP contribution in [0.1, 0.15) is 42.6 Å². The average molecular weight is 318 g/mol. The third-order valence-corrected chi connectivity index (χ3v) is 4.08. The molecule has 1 heterocycles. The van der Waals surface area contributed by atoms with Crippen LogP contribution in [0.25, 0.3) is 0 Å². The van der Waals surface area contributed by atoms with Gasteiger partial charge in [0.25, 0.3) is 5.91 Å². The van der Waals surface area contributed by atoms with Gasteiger partial charge in [0.15, 0.2) is 0 Å². The van der Waals surface area contributed by atoms with Crippen LogP contribution in [-0.4, -0.2) is 43.0 Å². The molecule has 5 heteroatoms. The van der Waals surface area contributed by atoms with E-state index in [0.717, 1.165) is 24.9 Å². The number of ether oxygens (including phenoxy) is 1. The number of esters is 1. The van der Waals surface area contributed by atoms with E-state index in [0.29, 0.717) is 24.6 Å². The molecule has 1 amide bonds. The van der Waals surface area contributed by atoms with Crippen LogP contribution in [0.2, 0.25) is 0 Å². The molecule has 0 radical (unpaired) electrons. The first-order valence-corrected chi connectivity index (χ1v) is 8.20. The molecule has 0 saturated carbocycles. The van der Waals surface area contributed by atoms with Crippen LogP contribution < -0.4 is 5.32 Å². The van der Waals surface area contributed by atoms with E-state index >= 15 is 0 Å². The van der Waals surface area contributed by atoms with Crippen LogP contribution in [0.4, 0.5) is 0 Å². The Morgan fingerprint density at radius 2 is 2.17 bits per heavy atom. The molecule has 1 aromatic carbocycles. The van der Waals surface area contributed by atoms with Gasteiger partial charge in [-0.15, -0.1) is 0 Å². The summed E-state index contributed by atoms with van der Waals surface area (Å²) in [6, 6.07) is 7.44. The minimum atomic E-state index is -0.173. The maximum atomic E-state index is 12.2. The molecule has 2 rings (SSSR count). The topological polar surface area (TPSA) is 58.6 Å². The monoisotopic (exact) mass is 318 g/mol. The number of nitrogens with zero attached hydrogens (tertiary/aromatic N) is 1. The standard InChI is InChI=1S/C18H26N2O3/c1-13(2)11-19-17(21)15-7-4-6-14(10-15)12-20-9-5-8-16(20)18(22)23-3/h4,6-7,10,13,16H,5,8-9,11-12H2,1-3H3,(H,19,21)/t16-/m1/s1. The van der Waals surface area contributed by atoms with Crippen LogP contribution in [0.15, 0.2) is 24.3 Å². The third-order valence-electron chi connectivity index (χ3n) is 4.08. The predicted molar refractivity (Wildman–Crippen MR) is 89.1 cm³/mol. The molecule has 1 atom stereocenters.